The standard InChI is InChI=1S/C20H15F3N2O/c1-26-18-10-8-17(9-11-18)25-19(13-24,20(21,22)23)16-7-6-14-4-2-3-5-15(14)12-16/h2-12,25H,1H3/t19-/m0/s1. The maximum absolute atomic E-state index is 14.0. The zero-order valence-electron chi connectivity index (χ0n) is 13.8. The second kappa shape index (κ2) is 6.60. The van der Waals surface area contributed by atoms with Gasteiger partial charge in [0.15, 0.2) is 0 Å². The highest BCUT2D eigenvalue weighted by atomic mass is 19.4. The van der Waals surface area contributed by atoms with Gasteiger partial charge < -0.3 is 10.1 Å². The van der Waals surface area contributed by atoms with Crippen LogP contribution in [-0.4, -0.2) is 13.3 Å². The van der Waals surface area contributed by atoms with Crippen LogP contribution in [0.3, 0.4) is 0 Å². The number of nitrogens with one attached hydrogen (secondary N) is 1. The van der Waals surface area contributed by atoms with Crippen molar-refractivity contribution in [3.05, 3.63) is 72.3 Å². The first-order valence-electron chi connectivity index (χ1n) is 7.79. The first-order chi connectivity index (χ1) is 12.4. The summed E-state index contributed by atoms with van der Waals surface area (Å²) in [5.74, 6) is 0.510. The first-order valence-corrected chi connectivity index (χ1v) is 7.79. The largest absolute Gasteiger partial charge is 0.497 e. The van der Waals surface area contributed by atoms with Gasteiger partial charge in [-0.3, -0.25) is 0 Å². The molecule has 3 aromatic rings. The molecule has 0 amide bonds. The van der Waals surface area contributed by atoms with E-state index >= 15 is 0 Å². The van der Waals surface area contributed by atoms with Crippen LogP contribution in [0.4, 0.5) is 18.9 Å². The fourth-order valence-electron chi connectivity index (χ4n) is 2.78. The van der Waals surface area contributed by atoms with E-state index in [0.29, 0.717) is 11.1 Å². The van der Waals surface area contributed by atoms with Gasteiger partial charge >= 0.3 is 6.18 Å². The lowest BCUT2D eigenvalue weighted by Crippen LogP contribution is -2.47. The topological polar surface area (TPSA) is 45.0 Å². The fraction of sp³-hybridized carbons (Fsp3) is 0.150. The molecule has 0 spiro atoms. The summed E-state index contributed by atoms with van der Waals surface area (Å²) in [6, 6.07) is 18.8. The minimum Gasteiger partial charge on any atom is -0.497 e. The predicted octanol–water partition coefficient (Wildman–Crippen LogP) is 5.24. The van der Waals surface area contributed by atoms with E-state index in [9.17, 15) is 18.4 Å². The van der Waals surface area contributed by atoms with Gasteiger partial charge in [-0.2, -0.15) is 18.4 Å². The number of methoxy groups -OCH3 is 1. The Morgan fingerprint density at radius 3 is 2.15 bits per heavy atom. The van der Waals surface area contributed by atoms with Gasteiger partial charge in [-0.05, 0) is 41.1 Å². The van der Waals surface area contributed by atoms with E-state index in [0.717, 1.165) is 5.39 Å². The van der Waals surface area contributed by atoms with Crippen molar-refractivity contribution in [2.45, 2.75) is 11.7 Å². The molecule has 3 rings (SSSR count). The first kappa shape index (κ1) is 17.6. The lowest BCUT2D eigenvalue weighted by atomic mass is 9.88. The third-order valence-electron chi connectivity index (χ3n) is 4.20. The summed E-state index contributed by atoms with van der Waals surface area (Å²) in [6.45, 7) is 0. The van der Waals surface area contributed by atoms with E-state index in [1.807, 2.05) is 0 Å². The smallest absolute Gasteiger partial charge is 0.429 e. The van der Waals surface area contributed by atoms with Crippen LogP contribution in [0.5, 0.6) is 5.75 Å². The maximum atomic E-state index is 14.0. The molecular formula is C20H15F3N2O. The molecule has 1 atom stereocenters. The van der Waals surface area contributed by atoms with Crippen LogP contribution in [0.15, 0.2) is 66.7 Å². The van der Waals surface area contributed by atoms with Gasteiger partial charge in [0, 0.05) is 11.3 Å². The molecule has 0 aromatic heterocycles. The number of rotatable bonds is 4. The number of anilines is 1. The van der Waals surface area contributed by atoms with Gasteiger partial charge in [-0.1, -0.05) is 36.4 Å². The summed E-state index contributed by atoms with van der Waals surface area (Å²) in [5, 5.41) is 13.3. The number of nitrogens with zero attached hydrogens (tertiary/aromatic N) is 1. The van der Waals surface area contributed by atoms with E-state index < -0.39 is 11.7 Å². The van der Waals surface area contributed by atoms with Crippen molar-refractivity contribution in [2.24, 2.45) is 0 Å². The molecule has 3 aromatic carbocycles. The molecule has 6 heteroatoms. The van der Waals surface area contributed by atoms with Gasteiger partial charge in [0.2, 0.25) is 5.54 Å². The SMILES string of the molecule is COc1ccc(N[C@@](C#N)(c2ccc3ccccc3c2)C(F)(F)F)cc1. The van der Waals surface area contributed by atoms with E-state index in [2.05, 4.69) is 5.32 Å². The number of hydrogen-bond acceptors (Lipinski definition) is 3. The summed E-state index contributed by atoms with van der Waals surface area (Å²) in [5.41, 5.74) is -2.87. The third-order valence-corrected chi connectivity index (χ3v) is 4.20. The van der Waals surface area contributed by atoms with Crippen molar-refractivity contribution in [1.82, 2.24) is 0 Å². The number of alkyl halides is 3. The molecule has 0 saturated carbocycles. The number of ether oxygens (including phenoxy) is 1. The molecule has 0 saturated heterocycles. The number of hydrogen-bond donors (Lipinski definition) is 1. The van der Waals surface area contributed by atoms with Crippen molar-refractivity contribution in [3.63, 3.8) is 0 Å². The van der Waals surface area contributed by atoms with E-state index in [-0.39, 0.29) is 11.3 Å². The summed E-state index contributed by atoms with van der Waals surface area (Å²) in [4.78, 5) is 0. The van der Waals surface area contributed by atoms with Gasteiger partial charge in [0.05, 0.1) is 7.11 Å². The van der Waals surface area contributed by atoms with E-state index in [1.165, 1.54) is 49.6 Å². The molecule has 0 aliphatic heterocycles. The summed E-state index contributed by atoms with van der Waals surface area (Å²) >= 11 is 0. The highest BCUT2D eigenvalue weighted by molar-refractivity contribution is 5.83. The Bertz CT molecular complexity index is 961. The van der Waals surface area contributed by atoms with Gasteiger partial charge in [-0.25, -0.2) is 0 Å². The van der Waals surface area contributed by atoms with Gasteiger partial charge in [-0.15, -0.1) is 0 Å². The van der Waals surface area contributed by atoms with Crippen LogP contribution in [0.2, 0.25) is 0 Å². The molecule has 0 radical (unpaired) electrons. The van der Waals surface area contributed by atoms with E-state index in [4.69, 9.17) is 4.74 Å². The number of nitriles is 1. The van der Waals surface area contributed by atoms with Crippen molar-refractivity contribution in [2.75, 3.05) is 12.4 Å². The molecule has 0 aliphatic rings. The highest BCUT2D eigenvalue weighted by Gasteiger charge is 2.57. The molecule has 0 bridgehead atoms. The van der Waals surface area contributed by atoms with Crippen LogP contribution < -0.4 is 10.1 Å². The van der Waals surface area contributed by atoms with Crippen LogP contribution in [0.1, 0.15) is 5.56 Å². The second-order valence-electron chi connectivity index (χ2n) is 5.77. The molecule has 1 N–H and O–H groups in total. The monoisotopic (exact) mass is 356 g/mol. The molecule has 0 heterocycles. The summed E-state index contributed by atoms with van der Waals surface area (Å²) in [6.07, 6.45) is -4.83. The van der Waals surface area contributed by atoms with Crippen molar-refractivity contribution in [1.29, 1.82) is 5.26 Å². The molecule has 3 nitrogen and oxygen atoms in total. The summed E-state index contributed by atoms with van der Waals surface area (Å²) in [7, 11) is 1.47. The van der Waals surface area contributed by atoms with Gasteiger partial charge in [0.1, 0.15) is 11.8 Å². The average Bonchev–Trinajstić information content (AvgIpc) is 2.65. The minimum absolute atomic E-state index is 0.165. The quantitative estimate of drug-likeness (QED) is 0.695. The zero-order chi connectivity index (χ0) is 18.8. The molecule has 0 aliphatic carbocycles. The molecule has 26 heavy (non-hydrogen) atoms. The van der Waals surface area contributed by atoms with Crippen LogP contribution in [-0.2, 0) is 5.54 Å². The van der Waals surface area contributed by atoms with Crippen molar-refractivity contribution < 1.29 is 17.9 Å². The van der Waals surface area contributed by atoms with Crippen LogP contribution >= 0.6 is 0 Å². The summed E-state index contributed by atoms with van der Waals surface area (Å²) < 4.78 is 47.0. The zero-order valence-corrected chi connectivity index (χ0v) is 13.8. The lowest BCUT2D eigenvalue weighted by Gasteiger charge is -2.31. The van der Waals surface area contributed by atoms with Crippen molar-refractivity contribution >= 4 is 16.5 Å². The number of fused-ring (bicyclic) bond motifs is 1. The lowest BCUT2D eigenvalue weighted by molar-refractivity contribution is -0.165. The predicted molar refractivity (Wildman–Crippen MR) is 93.9 cm³/mol. The Kier molecular flexibility index (Phi) is 4.47. The molecule has 0 fully saturated rings. The van der Waals surface area contributed by atoms with E-state index in [1.54, 1.807) is 30.3 Å². The molecule has 132 valence electrons. The molecule has 0 unspecified atom stereocenters. The Morgan fingerprint density at radius 1 is 0.923 bits per heavy atom. The average molecular weight is 356 g/mol. The normalized spacial score (nSPS) is 13.7. The fourth-order valence-corrected chi connectivity index (χ4v) is 2.78. The Balaban J connectivity index is 2.12. The van der Waals surface area contributed by atoms with Crippen molar-refractivity contribution in [3.8, 4) is 11.8 Å². The maximum Gasteiger partial charge on any atom is 0.429 e. The molecular weight excluding hydrogens is 341 g/mol. The third kappa shape index (κ3) is 3.04. The number of benzene rings is 3. The Morgan fingerprint density at radius 2 is 1.58 bits per heavy atom. The second-order valence-corrected chi connectivity index (χ2v) is 5.77. The number of halogens is 3. The van der Waals surface area contributed by atoms with Gasteiger partial charge in [0.25, 0.3) is 0 Å². The minimum atomic E-state index is -4.83. The van der Waals surface area contributed by atoms with Crippen LogP contribution in [0, 0.1) is 11.3 Å². The Labute approximate surface area is 148 Å². The highest BCUT2D eigenvalue weighted by Crippen LogP contribution is 2.42. The van der Waals surface area contributed by atoms with Crippen LogP contribution in [0.25, 0.3) is 10.8 Å². The Hall–Kier alpha value is -3.20.